The number of hydrogen-bond donors (Lipinski definition) is 0. The van der Waals surface area contributed by atoms with Gasteiger partial charge in [-0.25, -0.2) is 9.97 Å². The lowest BCUT2D eigenvalue weighted by Gasteiger charge is -2.05. The number of halogens is 1. The van der Waals surface area contributed by atoms with Crippen LogP contribution in [0.3, 0.4) is 0 Å². The van der Waals surface area contributed by atoms with Gasteiger partial charge in [0.05, 0.1) is 0 Å². The molecule has 3 nitrogen and oxygen atoms in total. The average molecular weight is 246 g/mol. The standard InChI is InChI=1S/C13H12ClN3/c1-8-5-6-15-11(7-8)13-16-10-4-2-3-9(10)12(14)17-13/h5-7H,2-4H2,1H3. The number of hydrogen-bond acceptors (Lipinski definition) is 3. The first-order valence-electron chi connectivity index (χ1n) is 5.72. The Morgan fingerprint density at radius 2 is 2.12 bits per heavy atom. The van der Waals surface area contributed by atoms with E-state index in [1.165, 1.54) is 0 Å². The Balaban J connectivity index is 2.13. The number of fused-ring (bicyclic) bond motifs is 1. The van der Waals surface area contributed by atoms with E-state index in [0.29, 0.717) is 11.0 Å². The van der Waals surface area contributed by atoms with Gasteiger partial charge in [-0.15, -0.1) is 0 Å². The van der Waals surface area contributed by atoms with Crippen molar-refractivity contribution < 1.29 is 0 Å². The van der Waals surface area contributed by atoms with Gasteiger partial charge < -0.3 is 0 Å². The lowest BCUT2D eigenvalue weighted by molar-refractivity contribution is 0.899. The molecule has 0 aliphatic heterocycles. The minimum absolute atomic E-state index is 0.589. The molecule has 4 heteroatoms. The van der Waals surface area contributed by atoms with Crippen molar-refractivity contribution in [2.75, 3.05) is 0 Å². The molecule has 17 heavy (non-hydrogen) atoms. The third-order valence-corrected chi connectivity index (χ3v) is 3.34. The van der Waals surface area contributed by atoms with E-state index in [2.05, 4.69) is 15.0 Å². The Labute approximate surface area is 105 Å². The van der Waals surface area contributed by atoms with Crippen LogP contribution in [-0.4, -0.2) is 15.0 Å². The zero-order valence-electron chi connectivity index (χ0n) is 9.57. The van der Waals surface area contributed by atoms with Gasteiger partial charge in [-0.3, -0.25) is 4.98 Å². The van der Waals surface area contributed by atoms with Crippen molar-refractivity contribution in [1.82, 2.24) is 15.0 Å². The van der Waals surface area contributed by atoms with E-state index in [0.717, 1.165) is 41.8 Å². The van der Waals surface area contributed by atoms with Gasteiger partial charge in [0.15, 0.2) is 5.82 Å². The largest absolute Gasteiger partial charge is 0.253 e. The molecule has 0 fully saturated rings. The highest BCUT2D eigenvalue weighted by atomic mass is 35.5. The molecule has 0 spiro atoms. The normalized spacial score (nSPS) is 13.8. The summed E-state index contributed by atoms with van der Waals surface area (Å²) < 4.78 is 0. The van der Waals surface area contributed by atoms with Crippen molar-refractivity contribution in [2.45, 2.75) is 26.2 Å². The monoisotopic (exact) mass is 245 g/mol. The summed E-state index contributed by atoms with van der Waals surface area (Å²) in [4.78, 5) is 13.2. The first kappa shape index (κ1) is 10.7. The second-order valence-electron chi connectivity index (χ2n) is 4.34. The van der Waals surface area contributed by atoms with Crippen LogP contribution < -0.4 is 0 Å². The quantitative estimate of drug-likeness (QED) is 0.725. The molecule has 0 saturated carbocycles. The van der Waals surface area contributed by atoms with Crippen LogP contribution in [0.4, 0.5) is 0 Å². The van der Waals surface area contributed by atoms with E-state index >= 15 is 0 Å². The molecule has 2 heterocycles. The van der Waals surface area contributed by atoms with Gasteiger partial charge in [-0.2, -0.15) is 0 Å². The van der Waals surface area contributed by atoms with Crippen molar-refractivity contribution in [3.8, 4) is 11.5 Å². The Morgan fingerprint density at radius 1 is 1.24 bits per heavy atom. The first-order chi connectivity index (χ1) is 8.24. The molecular weight excluding hydrogens is 234 g/mol. The molecular formula is C13H12ClN3. The van der Waals surface area contributed by atoms with Gasteiger partial charge in [0, 0.05) is 17.5 Å². The van der Waals surface area contributed by atoms with E-state index in [1.54, 1.807) is 6.20 Å². The van der Waals surface area contributed by atoms with Crippen molar-refractivity contribution >= 4 is 11.6 Å². The second kappa shape index (κ2) is 4.08. The maximum Gasteiger partial charge on any atom is 0.179 e. The molecule has 86 valence electrons. The molecule has 2 aromatic heterocycles. The predicted octanol–water partition coefficient (Wildman–Crippen LogP) is 2.99. The number of aryl methyl sites for hydroxylation is 2. The highest BCUT2D eigenvalue weighted by molar-refractivity contribution is 6.30. The maximum atomic E-state index is 6.19. The summed E-state index contributed by atoms with van der Waals surface area (Å²) >= 11 is 6.19. The summed E-state index contributed by atoms with van der Waals surface area (Å²) in [5.74, 6) is 0.638. The SMILES string of the molecule is Cc1ccnc(-c2nc(Cl)c3c(n2)CCC3)c1. The summed E-state index contributed by atoms with van der Waals surface area (Å²) in [6, 6.07) is 3.94. The molecule has 0 saturated heterocycles. The van der Waals surface area contributed by atoms with Crippen molar-refractivity contribution in [1.29, 1.82) is 0 Å². The molecule has 1 aliphatic carbocycles. The smallest absolute Gasteiger partial charge is 0.179 e. The van der Waals surface area contributed by atoms with Crippen LogP contribution in [0.15, 0.2) is 18.3 Å². The molecule has 0 radical (unpaired) electrons. The summed E-state index contributed by atoms with van der Waals surface area (Å²) in [5.41, 5.74) is 4.14. The molecule has 2 aromatic rings. The minimum Gasteiger partial charge on any atom is -0.253 e. The molecule has 0 amide bonds. The van der Waals surface area contributed by atoms with Crippen LogP contribution in [0.2, 0.25) is 5.15 Å². The number of pyridine rings is 1. The molecule has 0 unspecified atom stereocenters. The number of nitrogens with zero attached hydrogens (tertiary/aromatic N) is 3. The highest BCUT2D eigenvalue weighted by Crippen LogP contribution is 2.28. The fraction of sp³-hybridized carbons (Fsp3) is 0.308. The molecule has 3 rings (SSSR count). The molecule has 0 aromatic carbocycles. The third kappa shape index (κ3) is 1.91. The molecule has 0 N–H and O–H groups in total. The molecule has 1 aliphatic rings. The Kier molecular flexibility index (Phi) is 2.56. The zero-order chi connectivity index (χ0) is 11.8. The summed E-state index contributed by atoms with van der Waals surface area (Å²) in [5, 5.41) is 0.589. The van der Waals surface area contributed by atoms with Crippen LogP contribution in [0, 0.1) is 6.92 Å². The Hall–Kier alpha value is -1.48. The Morgan fingerprint density at radius 3 is 2.94 bits per heavy atom. The van der Waals surface area contributed by atoms with Crippen molar-refractivity contribution in [2.24, 2.45) is 0 Å². The lowest BCUT2D eigenvalue weighted by atomic mass is 10.2. The minimum atomic E-state index is 0.589. The summed E-state index contributed by atoms with van der Waals surface area (Å²) in [7, 11) is 0. The molecule has 0 atom stereocenters. The van der Waals surface area contributed by atoms with Gasteiger partial charge in [0.2, 0.25) is 0 Å². The zero-order valence-corrected chi connectivity index (χ0v) is 10.3. The lowest BCUT2D eigenvalue weighted by Crippen LogP contribution is -1.98. The van der Waals surface area contributed by atoms with Gasteiger partial charge in [-0.05, 0) is 43.9 Å². The summed E-state index contributed by atoms with van der Waals surface area (Å²) in [6.07, 6.45) is 4.88. The van der Waals surface area contributed by atoms with Crippen LogP contribution in [0.1, 0.15) is 23.2 Å². The maximum absolute atomic E-state index is 6.19. The fourth-order valence-electron chi connectivity index (χ4n) is 2.16. The van der Waals surface area contributed by atoms with Crippen LogP contribution in [0.25, 0.3) is 11.5 Å². The first-order valence-corrected chi connectivity index (χ1v) is 6.10. The Bertz CT molecular complexity index is 581. The van der Waals surface area contributed by atoms with Gasteiger partial charge in [0.25, 0.3) is 0 Å². The highest BCUT2D eigenvalue weighted by Gasteiger charge is 2.19. The fourth-order valence-corrected chi connectivity index (χ4v) is 2.44. The second-order valence-corrected chi connectivity index (χ2v) is 4.69. The van der Waals surface area contributed by atoms with Gasteiger partial charge >= 0.3 is 0 Å². The van der Waals surface area contributed by atoms with Gasteiger partial charge in [0.1, 0.15) is 10.8 Å². The van der Waals surface area contributed by atoms with Crippen LogP contribution in [-0.2, 0) is 12.8 Å². The number of aromatic nitrogens is 3. The van der Waals surface area contributed by atoms with Crippen molar-refractivity contribution in [3.05, 3.63) is 40.3 Å². The van der Waals surface area contributed by atoms with Crippen LogP contribution >= 0.6 is 11.6 Å². The van der Waals surface area contributed by atoms with E-state index in [-0.39, 0.29) is 0 Å². The topological polar surface area (TPSA) is 38.7 Å². The van der Waals surface area contributed by atoms with Gasteiger partial charge in [-0.1, -0.05) is 11.6 Å². The van der Waals surface area contributed by atoms with E-state index < -0.39 is 0 Å². The average Bonchev–Trinajstić information content (AvgIpc) is 2.77. The van der Waals surface area contributed by atoms with Crippen LogP contribution in [0.5, 0.6) is 0 Å². The molecule has 0 bridgehead atoms. The van der Waals surface area contributed by atoms with Crippen molar-refractivity contribution in [3.63, 3.8) is 0 Å². The van der Waals surface area contributed by atoms with E-state index in [1.807, 2.05) is 19.1 Å². The van der Waals surface area contributed by atoms with E-state index in [9.17, 15) is 0 Å². The summed E-state index contributed by atoms with van der Waals surface area (Å²) in [6.45, 7) is 2.03. The third-order valence-electron chi connectivity index (χ3n) is 3.03. The number of rotatable bonds is 1. The predicted molar refractivity (Wildman–Crippen MR) is 67.0 cm³/mol. The van der Waals surface area contributed by atoms with E-state index in [4.69, 9.17) is 11.6 Å².